The first-order valence-corrected chi connectivity index (χ1v) is 12.1. The van der Waals surface area contributed by atoms with Crippen LogP contribution in [0.4, 0.5) is 0 Å². The third kappa shape index (κ3) is 5.30. The molecule has 0 amide bonds. The Bertz CT molecular complexity index is 496. The van der Waals surface area contributed by atoms with Crippen LogP contribution in [0.25, 0.3) is 0 Å². The molecule has 3 saturated carbocycles. The molecule has 28 heavy (non-hydrogen) atoms. The maximum absolute atomic E-state index is 11.6. The number of methoxy groups -OCH3 is 1. The van der Waals surface area contributed by atoms with E-state index in [-0.39, 0.29) is 5.97 Å². The highest BCUT2D eigenvalue weighted by molar-refractivity contribution is 5.69. The number of rotatable bonds is 8. The molecule has 0 spiro atoms. The zero-order chi connectivity index (χ0) is 19.3. The smallest absolute Gasteiger partial charge is 0.305 e. The summed E-state index contributed by atoms with van der Waals surface area (Å²) in [5, 5.41) is 0. The molecule has 0 aromatic rings. The predicted molar refractivity (Wildman–Crippen MR) is 111 cm³/mol. The zero-order valence-corrected chi connectivity index (χ0v) is 17.9. The van der Waals surface area contributed by atoms with Crippen molar-refractivity contribution in [1.82, 2.24) is 4.90 Å². The second-order valence-electron chi connectivity index (χ2n) is 10.2. The Hall–Kier alpha value is -0.610. The lowest BCUT2D eigenvalue weighted by Crippen LogP contribution is -2.38. The molecule has 1 heterocycles. The average Bonchev–Trinajstić information content (AvgIpc) is 3.30. The van der Waals surface area contributed by atoms with Crippen LogP contribution in [0.5, 0.6) is 0 Å². The normalized spacial score (nSPS) is 36.7. The van der Waals surface area contributed by atoms with E-state index in [1.165, 1.54) is 84.2 Å². The fourth-order valence-electron chi connectivity index (χ4n) is 6.74. The standard InChI is InChI=1S/C24H41NO3/c1-27-24(26)16-20-14-22-15-21(20)17-25(22)11-12-28-23-9-7-19(8-10-23)13-18-5-3-2-4-6-18/h18-23H,2-17H2,1H3. The van der Waals surface area contributed by atoms with Gasteiger partial charge in [0.15, 0.2) is 0 Å². The molecule has 4 nitrogen and oxygen atoms in total. The van der Waals surface area contributed by atoms with Crippen LogP contribution in [-0.2, 0) is 14.3 Å². The van der Waals surface area contributed by atoms with Gasteiger partial charge in [-0.25, -0.2) is 0 Å². The van der Waals surface area contributed by atoms with Gasteiger partial charge in [-0.3, -0.25) is 9.69 Å². The largest absolute Gasteiger partial charge is 0.469 e. The van der Waals surface area contributed by atoms with Gasteiger partial charge in [0.25, 0.3) is 0 Å². The molecule has 0 radical (unpaired) electrons. The molecule has 1 saturated heterocycles. The predicted octanol–water partition coefficient (Wildman–Crippen LogP) is 4.81. The van der Waals surface area contributed by atoms with Crippen LogP contribution in [0.2, 0.25) is 0 Å². The van der Waals surface area contributed by atoms with Crippen LogP contribution < -0.4 is 0 Å². The molecule has 0 N–H and O–H groups in total. The van der Waals surface area contributed by atoms with E-state index >= 15 is 0 Å². The number of nitrogens with zero attached hydrogens (tertiary/aromatic N) is 1. The summed E-state index contributed by atoms with van der Waals surface area (Å²) in [5.41, 5.74) is 0. The molecule has 4 fully saturated rings. The van der Waals surface area contributed by atoms with Gasteiger partial charge < -0.3 is 9.47 Å². The van der Waals surface area contributed by atoms with Crippen molar-refractivity contribution in [2.24, 2.45) is 23.7 Å². The fraction of sp³-hybridized carbons (Fsp3) is 0.958. The number of likely N-dealkylation sites (tertiary alicyclic amines) is 1. The fourth-order valence-corrected chi connectivity index (χ4v) is 6.74. The zero-order valence-electron chi connectivity index (χ0n) is 17.9. The maximum Gasteiger partial charge on any atom is 0.305 e. The van der Waals surface area contributed by atoms with Gasteiger partial charge in [-0.2, -0.15) is 0 Å². The summed E-state index contributed by atoms with van der Waals surface area (Å²) in [6.07, 6.45) is 17.8. The summed E-state index contributed by atoms with van der Waals surface area (Å²) in [4.78, 5) is 14.2. The first-order valence-electron chi connectivity index (χ1n) is 12.1. The van der Waals surface area contributed by atoms with Gasteiger partial charge in [0.2, 0.25) is 0 Å². The van der Waals surface area contributed by atoms with Crippen molar-refractivity contribution in [3.63, 3.8) is 0 Å². The number of esters is 1. The van der Waals surface area contributed by atoms with Crippen LogP contribution in [0.3, 0.4) is 0 Å². The average molecular weight is 392 g/mol. The van der Waals surface area contributed by atoms with Gasteiger partial charge >= 0.3 is 5.97 Å². The Morgan fingerprint density at radius 3 is 2.39 bits per heavy atom. The van der Waals surface area contributed by atoms with Gasteiger partial charge in [-0.15, -0.1) is 0 Å². The Morgan fingerprint density at radius 2 is 1.71 bits per heavy atom. The summed E-state index contributed by atoms with van der Waals surface area (Å²) in [7, 11) is 1.50. The second-order valence-corrected chi connectivity index (χ2v) is 10.2. The Morgan fingerprint density at radius 1 is 0.964 bits per heavy atom. The number of ether oxygens (including phenoxy) is 2. The Labute approximate surface area is 171 Å². The van der Waals surface area contributed by atoms with Crippen molar-refractivity contribution >= 4 is 5.97 Å². The van der Waals surface area contributed by atoms with Gasteiger partial charge in [0.1, 0.15) is 0 Å². The van der Waals surface area contributed by atoms with Crippen LogP contribution in [0.15, 0.2) is 0 Å². The summed E-state index contributed by atoms with van der Waals surface area (Å²) in [5.74, 6) is 3.22. The summed E-state index contributed by atoms with van der Waals surface area (Å²) >= 11 is 0. The first-order chi connectivity index (χ1) is 13.7. The number of hydrogen-bond donors (Lipinski definition) is 0. The van der Waals surface area contributed by atoms with Crippen molar-refractivity contribution in [3.05, 3.63) is 0 Å². The molecule has 160 valence electrons. The summed E-state index contributed by atoms with van der Waals surface area (Å²) in [6, 6.07) is 0.675. The highest BCUT2D eigenvalue weighted by Crippen LogP contribution is 2.43. The number of carbonyl (C=O) groups excluding carboxylic acids is 1. The lowest BCUT2D eigenvalue weighted by molar-refractivity contribution is -0.142. The summed E-state index contributed by atoms with van der Waals surface area (Å²) < 4.78 is 11.1. The molecule has 4 rings (SSSR count). The van der Waals surface area contributed by atoms with E-state index in [9.17, 15) is 4.79 Å². The molecule has 3 aliphatic carbocycles. The number of hydrogen-bond acceptors (Lipinski definition) is 4. The van der Waals surface area contributed by atoms with Crippen molar-refractivity contribution in [3.8, 4) is 0 Å². The lowest BCUT2D eigenvalue weighted by atomic mass is 9.77. The van der Waals surface area contributed by atoms with Gasteiger partial charge in [-0.05, 0) is 68.6 Å². The van der Waals surface area contributed by atoms with E-state index in [1.807, 2.05) is 0 Å². The van der Waals surface area contributed by atoms with E-state index < -0.39 is 0 Å². The minimum absolute atomic E-state index is 0.0356. The molecule has 4 aliphatic rings. The third-order valence-electron chi connectivity index (χ3n) is 8.38. The van der Waals surface area contributed by atoms with E-state index in [2.05, 4.69) is 4.90 Å². The highest BCUT2D eigenvalue weighted by atomic mass is 16.5. The Kier molecular flexibility index (Phi) is 7.33. The minimum atomic E-state index is -0.0356. The van der Waals surface area contributed by atoms with E-state index in [1.54, 1.807) is 0 Å². The number of piperidine rings is 1. The van der Waals surface area contributed by atoms with E-state index in [0.717, 1.165) is 31.5 Å². The topological polar surface area (TPSA) is 38.8 Å². The van der Waals surface area contributed by atoms with Crippen molar-refractivity contribution in [1.29, 1.82) is 0 Å². The minimum Gasteiger partial charge on any atom is -0.469 e. The molecule has 2 bridgehead atoms. The van der Waals surface area contributed by atoms with Gasteiger partial charge in [-0.1, -0.05) is 32.1 Å². The Balaban J connectivity index is 1.08. The highest BCUT2D eigenvalue weighted by Gasteiger charge is 2.44. The number of carbonyl (C=O) groups is 1. The third-order valence-corrected chi connectivity index (χ3v) is 8.38. The van der Waals surface area contributed by atoms with Crippen LogP contribution in [0, 0.1) is 23.7 Å². The molecule has 3 atom stereocenters. The first kappa shape index (κ1) is 20.7. The molecule has 0 aromatic carbocycles. The van der Waals surface area contributed by atoms with Crippen molar-refractivity contribution < 1.29 is 14.3 Å². The van der Waals surface area contributed by atoms with Gasteiger partial charge in [0.05, 0.1) is 19.8 Å². The van der Waals surface area contributed by atoms with Crippen LogP contribution >= 0.6 is 0 Å². The molecular weight excluding hydrogens is 350 g/mol. The maximum atomic E-state index is 11.6. The molecule has 1 aliphatic heterocycles. The molecular formula is C24H41NO3. The van der Waals surface area contributed by atoms with Crippen LogP contribution in [-0.4, -0.2) is 49.8 Å². The SMILES string of the molecule is COC(=O)CC1CC2CC1CN2CCOC1CCC(CC2CCCCC2)CC1. The van der Waals surface area contributed by atoms with Crippen LogP contribution in [0.1, 0.15) is 83.5 Å². The van der Waals surface area contributed by atoms with Gasteiger partial charge in [0, 0.05) is 25.6 Å². The molecule has 3 unspecified atom stereocenters. The second kappa shape index (κ2) is 9.93. The molecule has 0 aromatic heterocycles. The summed E-state index contributed by atoms with van der Waals surface area (Å²) in [6.45, 7) is 3.13. The van der Waals surface area contributed by atoms with E-state index in [0.29, 0.717) is 30.4 Å². The number of fused-ring (bicyclic) bond motifs is 2. The monoisotopic (exact) mass is 391 g/mol. The van der Waals surface area contributed by atoms with E-state index in [4.69, 9.17) is 9.47 Å². The van der Waals surface area contributed by atoms with Crippen molar-refractivity contribution in [2.75, 3.05) is 26.8 Å². The quantitative estimate of drug-likeness (QED) is 0.557. The lowest BCUT2D eigenvalue weighted by Gasteiger charge is -2.33. The molecule has 4 heteroatoms. The van der Waals surface area contributed by atoms with Crippen molar-refractivity contribution in [2.45, 2.75) is 95.6 Å².